The molecular weight excluding hydrogens is 397 g/mol. The van der Waals surface area contributed by atoms with Gasteiger partial charge in [-0.25, -0.2) is 8.42 Å². The topological polar surface area (TPSA) is 37.4 Å². The molecular formula is C16H16INO2S. The Morgan fingerprint density at radius 2 is 1.81 bits per heavy atom. The summed E-state index contributed by atoms with van der Waals surface area (Å²) in [6, 6.07) is 9.60. The molecule has 2 aromatic rings. The van der Waals surface area contributed by atoms with Crippen molar-refractivity contribution >= 4 is 38.3 Å². The number of sulfonamides is 1. The van der Waals surface area contributed by atoms with E-state index in [1.54, 1.807) is 6.07 Å². The van der Waals surface area contributed by atoms with Gasteiger partial charge in [-0.1, -0.05) is 11.6 Å². The molecule has 0 unspecified atom stereocenters. The zero-order valence-electron chi connectivity index (χ0n) is 12.1. The number of rotatable bonds is 1. The molecule has 5 heteroatoms. The van der Waals surface area contributed by atoms with Crippen LogP contribution >= 0.6 is 22.6 Å². The van der Waals surface area contributed by atoms with Gasteiger partial charge in [-0.3, -0.25) is 4.31 Å². The number of aryl methyl sites for hydroxylation is 2. The predicted octanol–water partition coefficient (Wildman–Crippen LogP) is 4.10. The Kier molecular flexibility index (Phi) is 3.52. The first-order valence-electron chi connectivity index (χ1n) is 6.80. The molecule has 0 atom stereocenters. The molecule has 2 aromatic carbocycles. The molecule has 1 aliphatic rings. The van der Waals surface area contributed by atoms with E-state index in [1.807, 2.05) is 39.0 Å². The van der Waals surface area contributed by atoms with Crippen LogP contribution < -0.4 is 4.31 Å². The van der Waals surface area contributed by atoms with Crippen molar-refractivity contribution in [3.63, 3.8) is 0 Å². The monoisotopic (exact) mass is 413 g/mol. The minimum Gasteiger partial charge on any atom is -0.266 e. The van der Waals surface area contributed by atoms with Gasteiger partial charge < -0.3 is 0 Å². The first-order chi connectivity index (χ1) is 9.86. The Bertz CT molecular complexity index is 844. The van der Waals surface area contributed by atoms with Crippen LogP contribution in [-0.4, -0.2) is 15.0 Å². The van der Waals surface area contributed by atoms with Gasteiger partial charge in [-0.15, -0.1) is 0 Å². The van der Waals surface area contributed by atoms with Gasteiger partial charge in [0, 0.05) is 21.2 Å². The summed E-state index contributed by atoms with van der Waals surface area (Å²) in [4.78, 5) is 0.405. The van der Waals surface area contributed by atoms with E-state index in [9.17, 15) is 8.42 Å². The lowest BCUT2D eigenvalue weighted by Crippen LogP contribution is -2.34. The third-order valence-corrected chi connectivity index (χ3v) is 6.94. The largest absolute Gasteiger partial charge is 0.266 e. The zero-order valence-corrected chi connectivity index (χ0v) is 15.1. The van der Waals surface area contributed by atoms with E-state index >= 15 is 0 Å². The lowest BCUT2D eigenvalue weighted by atomic mass is 9.99. The van der Waals surface area contributed by atoms with Crippen LogP contribution in [0.15, 0.2) is 35.2 Å². The van der Waals surface area contributed by atoms with Crippen molar-refractivity contribution in [2.75, 3.05) is 10.8 Å². The molecule has 0 bridgehead atoms. The number of benzene rings is 2. The van der Waals surface area contributed by atoms with Gasteiger partial charge in [-0.2, -0.15) is 0 Å². The van der Waals surface area contributed by atoms with E-state index in [0.717, 1.165) is 31.5 Å². The summed E-state index contributed by atoms with van der Waals surface area (Å²) in [5.74, 6) is 0. The van der Waals surface area contributed by atoms with Crippen LogP contribution in [0.5, 0.6) is 0 Å². The Morgan fingerprint density at radius 3 is 2.48 bits per heavy atom. The number of halogens is 1. The minimum atomic E-state index is -3.46. The SMILES string of the molecule is CCN1c2cc(C)c(I)cc2-c2cc(C)ccc2S1(=O)=O. The van der Waals surface area contributed by atoms with Crippen LogP contribution in [0.2, 0.25) is 0 Å². The van der Waals surface area contributed by atoms with E-state index in [2.05, 4.69) is 28.7 Å². The Balaban J connectivity index is 2.45. The van der Waals surface area contributed by atoms with Crippen LogP contribution in [0.25, 0.3) is 11.1 Å². The lowest BCUT2D eigenvalue weighted by Gasteiger charge is -2.32. The summed E-state index contributed by atoms with van der Waals surface area (Å²) in [7, 11) is -3.46. The van der Waals surface area contributed by atoms with E-state index in [-0.39, 0.29) is 0 Å². The van der Waals surface area contributed by atoms with Gasteiger partial charge in [0.05, 0.1) is 10.6 Å². The smallest absolute Gasteiger partial charge is 0.264 e. The Labute approximate surface area is 139 Å². The molecule has 0 N–H and O–H groups in total. The summed E-state index contributed by atoms with van der Waals surface area (Å²) in [5, 5.41) is 0. The lowest BCUT2D eigenvalue weighted by molar-refractivity contribution is 0.591. The maximum absolute atomic E-state index is 12.8. The van der Waals surface area contributed by atoms with Crippen molar-refractivity contribution in [1.29, 1.82) is 0 Å². The molecule has 0 amide bonds. The van der Waals surface area contributed by atoms with Crippen molar-refractivity contribution in [1.82, 2.24) is 0 Å². The van der Waals surface area contributed by atoms with E-state index in [1.165, 1.54) is 4.31 Å². The molecule has 3 nitrogen and oxygen atoms in total. The fourth-order valence-electron chi connectivity index (χ4n) is 2.76. The van der Waals surface area contributed by atoms with Crippen molar-refractivity contribution in [2.45, 2.75) is 25.7 Å². The molecule has 0 saturated heterocycles. The standard InChI is InChI=1S/C16H16INO2S/c1-4-18-15-8-11(3)14(17)9-12(15)13-7-10(2)5-6-16(13)21(18,19)20/h5-9H,4H2,1-3H3. The molecule has 21 heavy (non-hydrogen) atoms. The second-order valence-corrected chi connectivity index (χ2v) is 8.28. The molecule has 0 aliphatic carbocycles. The van der Waals surface area contributed by atoms with Crippen LogP contribution in [0.4, 0.5) is 5.69 Å². The molecule has 1 aliphatic heterocycles. The fraction of sp³-hybridized carbons (Fsp3) is 0.250. The van der Waals surface area contributed by atoms with Crippen LogP contribution in [0.3, 0.4) is 0 Å². The van der Waals surface area contributed by atoms with Crippen molar-refractivity contribution < 1.29 is 8.42 Å². The normalized spacial score (nSPS) is 15.5. The highest BCUT2D eigenvalue weighted by Gasteiger charge is 2.34. The molecule has 110 valence electrons. The summed E-state index contributed by atoms with van der Waals surface area (Å²) in [6.07, 6.45) is 0. The van der Waals surface area contributed by atoms with E-state index in [0.29, 0.717) is 11.4 Å². The first-order valence-corrected chi connectivity index (χ1v) is 9.32. The first kappa shape index (κ1) is 14.8. The quantitative estimate of drug-likeness (QED) is 0.661. The maximum atomic E-state index is 12.8. The number of hydrogen-bond donors (Lipinski definition) is 0. The van der Waals surface area contributed by atoms with Crippen LogP contribution in [0, 0.1) is 17.4 Å². The van der Waals surface area contributed by atoms with Gasteiger partial charge in [0.25, 0.3) is 10.0 Å². The minimum absolute atomic E-state index is 0.405. The molecule has 3 rings (SSSR count). The molecule has 0 spiro atoms. The summed E-state index contributed by atoms with van der Waals surface area (Å²) in [5.41, 5.74) is 4.76. The molecule has 1 heterocycles. The van der Waals surface area contributed by atoms with Crippen LogP contribution in [0.1, 0.15) is 18.1 Å². The second-order valence-electron chi connectivity index (χ2n) is 5.29. The molecule has 0 saturated carbocycles. The van der Waals surface area contributed by atoms with Gasteiger partial charge in [0.15, 0.2) is 0 Å². The average Bonchev–Trinajstić information content (AvgIpc) is 2.41. The maximum Gasteiger partial charge on any atom is 0.264 e. The second kappa shape index (κ2) is 4.98. The Hall–Kier alpha value is -1.08. The van der Waals surface area contributed by atoms with Gasteiger partial charge >= 0.3 is 0 Å². The predicted molar refractivity (Wildman–Crippen MR) is 94.3 cm³/mol. The number of nitrogens with zero attached hydrogens (tertiary/aromatic N) is 1. The zero-order chi connectivity index (χ0) is 15.4. The van der Waals surface area contributed by atoms with Crippen molar-refractivity contribution in [3.05, 3.63) is 45.0 Å². The highest BCUT2D eigenvalue weighted by molar-refractivity contribution is 14.1. The third kappa shape index (κ3) is 2.17. The van der Waals surface area contributed by atoms with Gasteiger partial charge in [-0.05, 0) is 73.2 Å². The van der Waals surface area contributed by atoms with E-state index in [4.69, 9.17) is 0 Å². The number of fused-ring (bicyclic) bond motifs is 3. The third-order valence-electron chi connectivity index (χ3n) is 3.83. The van der Waals surface area contributed by atoms with Crippen molar-refractivity contribution in [2.24, 2.45) is 0 Å². The molecule has 0 radical (unpaired) electrons. The fourth-order valence-corrected chi connectivity index (χ4v) is 4.90. The number of hydrogen-bond acceptors (Lipinski definition) is 2. The Morgan fingerprint density at radius 1 is 1.10 bits per heavy atom. The number of anilines is 1. The highest BCUT2D eigenvalue weighted by Crippen LogP contribution is 2.44. The summed E-state index contributed by atoms with van der Waals surface area (Å²) >= 11 is 2.30. The van der Waals surface area contributed by atoms with E-state index < -0.39 is 10.0 Å². The highest BCUT2D eigenvalue weighted by atomic mass is 127. The summed E-state index contributed by atoms with van der Waals surface area (Å²) in [6.45, 7) is 6.29. The van der Waals surface area contributed by atoms with Gasteiger partial charge in [0.1, 0.15) is 0 Å². The molecule has 0 aromatic heterocycles. The van der Waals surface area contributed by atoms with Gasteiger partial charge in [0.2, 0.25) is 0 Å². The van der Waals surface area contributed by atoms with Crippen molar-refractivity contribution in [3.8, 4) is 11.1 Å². The van der Waals surface area contributed by atoms with Crippen LogP contribution in [-0.2, 0) is 10.0 Å². The molecule has 0 fully saturated rings. The average molecular weight is 413 g/mol. The summed E-state index contributed by atoms with van der Waals surface area (Å²) < 4.78 is 28.3.